The van der Waals surface area contributed by atoms with Gasteiger partial charge in [0.25, 0.3) is 0 Å². The van der Waals surface area contributed by atoms with Crippen LogP contribution in [0.2, 0.25) is 0 Å². The van der Waals surface area contributed by atoms with Crippen molar-refractivity contribution in [2.24, 2.45) is 0 Å². The van der Waals surface area contributed by atoms with E-state index in [0.29, 0.717) is 23.6 Å². The summed E-state index contributed by atoms with van der Waals surface area (Å²) in [5, 5.41) is 19.8. The summed E-state index contributed by atoms with van der Waals surface area (Å²) in [5.74, 6) is 0.805. The number of aromatic nitrogens is 4. The molecule has 9 heteroatoms. The van der Waals surface area contributed by atoms with Crippen LogP contribution in [0.25, 0.3) is 11.2 Å². The molecule has 0 bridgehead atoms. The van der Waals surface area contributed by atoms with Crippen molar-refractivity contribution in [3.8, 4) is 0 Å². The van der Waals surface area contributed by atoms with E-state index in [9.17, 15) is 10.2 Å². The second-order valence-electron chi connectivity index (χ2n) is 5.91. The van der Waals surface area contributed by atoms with E-state index in [4.69, 9.17) is 15.2 Å². The summed E-state index contributed by atoms with van der Waals surface area (Å²) >= 11 is 0. The third-order valence-electron chi connectivity index (χ3n) is 4.14. The molecule has 2 aromatic heterocycles. The number of fused-ring (bicyclic) bond motifs is 1. The lowest BCUT2D eigenvalue weighted by Crippen LogP contribution is -2.35. The van der Waals surface area contributed by atoms with Gasteiger partial charge in [-0.25, -0.2) is 15.0 Å². The molecule has 0 aliphatic carbocycles. The van der Waals surface area contributed by atoms with E-state index in [2.05, 4.69) is 21.9 Å². The van der Waals surface area contributed by atoms with Crippen molar-refractivity contribution in [3.05, 3.63) is 12.2 Å². The largest absolute Gasteiger partial charge is 0.394 e. The van der Waals surface area contributed by atoms with Crippen LogP contribution in [0, 0.1) is 6.92 Å². The maximum atomic E-state index is 10.4. The fourth-order valence-electron chi connectivity index (χ4n) is 2.87. The summed E-state index contributed by atoms with van der Waals surface area (Å²) in [5.41, 5.74) is 6.88. The molecule has 1 aliphatic rings. The molecule has 0 spiro atoms. The number of unbranched alkanes of at least 4 members (excludes halogenated alkanes) is 1. The van der Waals surface area contributed by atoms with Gasteiger partial charge in [0.2, 0.25) is 0 Å². The lowest BCUT2D eigenvalue weighted by atomic mass is 10.1. The smallest absolute Gasteiger partial charge is 0.167 e. The second kappa shape index (κ2) is 6.98. The normalized spacial score (nSPS) is 27.2. The van der Waals surface area contributed by atoms with Crippen LogP contribution >= 0.6 is 0 Å². The van der Waals surface area contributed by atoms with Gasteiger partial charge in [-0.05, 0) is 13.3 Å². The maximum Gasteiger partial charge on any atom is 0.167 e. The first-order chi connectivity index (χ1) is 11.6. The van der Waals surface area contributed by atoms with Crippen LogP contribution in [0.5, 0.6) is 0 Å². The molecular formula is C15H23N5O4. The van der Waals surface area contributed by atoms with Gasteiger partial charge in [-0.2, -0.15) is 0 Å². The molecule has 24 heavy (non-hydrogen) atoms. The van der Waals surface area contributed by atoms with Crippen molar-refractivity contribution in [1.29, 1.82) is 0 Å². The van der Waals surface area contributed by atoms with E-state index in [1.54, 1.807) is 17.8 Å². The number of aliphatic hydroxyl groups is 2. The minimum atomic E-state index is -0.936. The van der Waals surface area contributed by atoms with Gasteiger partial charge in [0.15, 0.2) is 17.7 Å². The summed E-state index contributed by atoms with van der Waals surface area (Å²) in [6, 6.07) is 0. The van der Waals surface area contributed by atoms with E-state index in [-0.39, 0.29) is 12.4 Å². The SMILES string of the molecule is CCCCO[C@@H]1[C@H](O)[C@@H](CO)O[C@H]1n1cnc2c(N)nc(C)nc21. The van der Waals surface area contributed by atoms with Crippen molar-refractivity contribution >= 4 is 17.0 Å². The van der Waals surface area contributed by atoms with Crippen LogP contribution in [-0.4, -0.2) is 61.3 Å². The minimum Gasteiger partial charge on any atom is -0.394 e. The first-order valence-electron chi connectivity index (χ1n) is 8.09. The zero-order chi connectivity index (χ0) is 17.3. The van der Waals surface area contributed by atoms with Crippen LogP contribution in [0.3, 0.4) is 0 Å². The topological polar surface area (TPSA) is 129 Å². The molecule has 0 amide bonds. The van der Waals surface area contributed by atoms with Crippen LogP contribution in [0.4, 0.5) is 5.82 Å². The van der Waals surface area contributed by atoms with Crippen molar-refractivity contribution in [1.82, 2.24) is 19.5 Å². The molecule has 9 nitrogen and oxygen atoms in total. The third-order valence-corrected chi connectivity index (χ3v) is 4.14. The molecule has 3 heterocycles. The maximum absolute atomic E-state index is 10.4. The van der Waals surface area contributed by atoms with Crippen LogP contribution in [0.15, 0.2) is 6.33 Å². The van der Waals surface area contributed by atoms with Gasteiger partial charge in [-0.1, -0.05) is 13.3 Å². The average Bonchev–Trinajstić information content (AvgIpc) is 3.09. The highest BCUT2D eigenvalue weighted by Crippen LogP contribution is 2.34. The third kappa shape index (κ3) is 2.95. The summed E-state index contributed by atoms with van der Waals surface area (Å²) in [6.45, 7) is 4.00. The van der Waals surface area contributed by atoms with Crippen LogP contribution < -0.4 is 5.73 Å². The Bertz CT molecular complexity index is 706. The predicted molar refractivity (Wildman–Crippen MR) is 86.1 cm³/mol. The van der Waals surface area contributed by atoms with Gasteiger partial charge < -0.3 is 25.4 Å². The fourth-order valence-corrected chi connectivity index (χ4v) is 2.87. The average molecular weight is 337 g/mol. The molecule has 2 aromatic rings. The van der Waals surface area contributed by atoms with E-state index in [1.807, 2.05) is 0 Å². The fraction of sp³-hybridized carbons (Fsp3) is 0.667. The quantitative estimate of drug-likeness (QED) is 0.636. The highest BCUT2D eigenvalue weighted by molar-refractivity contribution is 5.81. The van der Waals surface area contributed by atoms with Gasteiger partial charge in [0.1, 0.15) is 29.7 Å². The van der Waals surface area contributed by atoms with Crippen molar-refractivity contribution < 1.29 is 19.7 Å². The number of nitrogen functional groups attached to an aromatic ring is 1. The van der Waals surface area contributed by atoms with Crippen molar-refractivity contribution in [2.45, 2.75) is 51.2 Å². The number of aryl methyl sites for hydroxylation is 1. The van der Waals surface area contributed by atoms with Gasteiger partial charge >= 0.3 is 0 Å². The Hall–Kier alpha value is -1.81. The molecule has 1 saturated heterocycles. The van der Waals surface area contributed by atoms with E-state index in [0.717, 1.165) is 12.8 Å². The van der Waals surface area contributed by atoms with Gasteiger partial charge in [-0.3, -0.25) is 4.57 Å². The van der Waals surface area contributed by atoms with Gasteiger partial charge in [0.05, 0.1) is 12.9 Å². The van der Waals surface area contributed by atoms with Gasteiger partial charge in [-0.15, -0.1) is 0 Å². The first-order valence-corrected chi connectivity index (χ1v) is 8.09. The van der Waals surface area contributed by atoms with Gasteiger partial charge in [0, 0.05) is 6.61 Å². The molecule has 1 fully saturated rings. The number of nitrogens with zero attached hydrogens (tertiary/aromatic N) is 4. The molecule has 0 radical (unpaired) electrons. The number of aliphatic hydroxyl groups excluding tert-OH is 2. The summed E-state index contributed by atoms with van der Waals surface area (Å²) in [7, 11) is 0. The number of hydrogen-bond acceptors (Lipinski definition) is 8. The molecule has 3 rings (SSSR count). The Kier molecular flexibility index (Phi) is 4.95. The van der Waals surface area contributed by atoms with E-state index < -0.39 is 24.5 Å². The zero-order valence-electron chi connectivity index (χ0n) is 13.8. The van der Waals surface area contributed by atoms with Crippen molar-refractivity contribution in [2.75, 3.05) is 18.9 Å². The molecule has 0 saturated carbocycles. The summed E-state index contributed by atoms with van der Waals surface area (Å²) in [4.78, 5) is 12.7. The lowest BCUT2D eigenvalue weighted by Gasteiger charge is -2.22. The monoisotopic (exact) mass is 337 g/mol. The molecule has 4 atom stereocenters. The van der Waals surface area contributed by atoms with E-state index in [1.165, 1.54) is 0 Å². The standard InChI is InChI=1S/C15H23N5O4/c1-3-4-5-23-12-11(22)9(6-21)24-15(12)20-7-17-10-13(16)18-8(2)19-14(10)20/h7,9,11-12,15,21-22H,3-6H2,1-2H3,(H2,16,18,19)/t9-,11-,12-,15-/m1/s1. The second-order valence-corrected chi connectivity index (χ2v) is 5.91. The summed E-state index contributed by atoms with van der Waals surface area (Å²) < 4.78 is 13.3. The van der Waals surface area contributed by atoms with Crippen LogP contribution in [-0.2, 0) is 9.47 Å². The Labute approximate surface area is 139 Å². The van der Waals surface area contributed by atoms with Crippen molar-refractivity contribution in [3.63, 3.8) is 0 Å². The predicted octanol–water partition coefficient (Wildman–Crippen LogP) is 0.153. The Balaban J connectivity index is 1.96. The Morgan fingerprint density at radius 3 is 2.92 bits per heavy atom. The number of imidazole rings is 1. The highest BCUT2D eigenvalue weighted by atomic mass is 16.6. The number of ether oxygens (including phenoxy) is 2. The molecule has 0 unspecified atom stereocenters. The number of nitrogens with two attached hydrogens (primary N) is 1. The van der Waals surface area contributed by atoms with E-state index >= 15 is 0 Å². The lowest BCUT2D eigenvalue weighted by molar-refractivity contribution is -0.0709. The zero-order valence-corrected chi connectivity index (χ0v) is 13.8. The summed E-state index contributed by atoms with van der Waals surface area (Å²) in [6.07, 6.45) is 0.472. The number of rotatable bonds is 6. The minimum absolute atomic E-state index is 0.289. The van der Waals surface area contributed by atoms with Crippen LogP contribution in [0.1, 0.15) is 31.8 Å². The highest BCUT2D eigenvalue weighted by Gasteiger charge is 2.45. The number of anilines is 1. The number of hydrogen-bond donors (Lipinski definition) is 3. The molecule has 1 aliphatic heterocycles. The molecule has 132 valence electrons. The Morgan fingerprint density at radius 1 is 1.42 bits per heavy atom. The first kappa shape index (κ1) is 17.0. The molecule has 4 N–H and O–H groups in total. The molecule has 0 aromatic carbocycles. The Morgan fingerprint density at radius 2 is 2.21 bits per heavy atom. The molecular weight excluding hydrogens is 314 g/mol.